The van der Waals surface area contributed by atoms with E-state index in [9.17, 15) is 9.59 Å². The summed E-state index contributed by atoms with van der Waals surface area (Å²) in [5.41, 5.74) is 2.10. The van der Waals surface area contributed by atoms with Crippen LogP contribution in [-0.4, -0.2) is 34.3 Å². The molecule has 1 amide bonds. The highest BCUT2D eigenvalue weighted by Crippen LogP contribution is 2.33. The SMILES string of the molecule is C=Cc1ccc(-n2cc(C(=O)OCC)c(N(C(=O)[C@H]3CC[C@H](C)CC3)C(C)C)n2)cc1. The highest BCUT2D eigenvalue weighted by molar-refractivity contribution is 6.02. The van der Waals surface area contributed by atoms with Gasteiger partial charge in [0.2, 0.25) is 5.91 Å². The van der Waals surface area contributed by atoms with Gasteiger partial charge in [0, 0.05) is 18.2 Å². The summed E-state index contributed by atoms with van der Waals surface area (Å²) >= 11 is 0. The molecule has 6 heteroatoms. The molecule has 0 radical (unpaired) electrons. The maximum Gasteiger partial charge on any atom is 0.343 e. The average molecular weight is 424 g/mol. The molecule has 0 unspecified atom stereocenters. The van der Waals surface area contributed by atoms with Crippen molar-refractivity contribution in [3.8, 4) is 5.69 Å². The van der Waals surface area contributed by atoms with Gasteiger partial charge in [-0.25, -0.2) is 9.48 Å². The van der Waals surface area contributed by atoms with Gasteiger partial charge < -0.3 is 4.74 Å². The molecular weight excluding hydrogens is 390 g/mol. The number of carbonyl (C=O) groups is 2. The van der Waals surface area contributed by atoms with Gasteiger partial charge in [0.1, 0.15) is 5.56 Å². The number of nitrogens with zero attached hydrogens (tertiary/aromatic N) is 3. The summed E-state index contributed by atoms with van der Waals surface area (Å²) in [6, 6.07) is 7.55. The smallest absolute Gasteiger partial charge is 0.343 e. The second-order valence-corrected chi connectivity index (χ2v) is 8.59. The maximum absolute atomic E-state index is 13.5. The first-order valence-corrected chi connectivity index (χ1v) is 11.2. The fraction of sp³-hybridized carbons (Fsp3) is 0.480. The number of aromatic nitrogens is 2. The number of ether oxygens (including phenoxy) is 1. The molecule has 1 fully saturated rings. The van der Waals surface area contributed by atoms with Crippen molar-refractivity contribution >= 4 is 23.8 Å². The molecule has 0 aliphatic heterocycles. The summed E-state index contributed by atoms with van der Waals surface area (Å²) in [5, 5.41) is 4.69. The molecule has 1 saturated carbocycles. The molecule has 0 atom stereocenters. The molecule has 1 heterocycles. The van der Waals surface area contributed by atoms with E-state index in [1.807, 2.05) is 38.1 Å². The zero-order valence-electron chi connectivity index (χ0n) is 19.0. The summed E-state index contributed by atoms with van der Waals surface area (Å²) in [7, 11) is 0. The minimum absolute atomic E-state index is 0.0364. The lowest BCUT2D eigenvalue weighted by Gasteiger charge is -2.32. The highest BCUT2D eigenvalue weighted by atomic mass is 16.5. The van der Waals surface area contributed by atoms with E-state index in [-0.39, 0.29) is 24.5 Å². The summed E-state index contributed by atoms with van der Waals surface area (Å²) in [5.74, 6) is 0.557. The quantitative estimate of drug-likeness (QED) is 0.570. The topological polar surface area (TPSA) is 64.4 Å². The number of hydrogen-bond acceptors (Lipinski definition) is 4. The Morgan fingerprint density at radius 3 is 2.42 bits per heavy atom. The number of esters is 1. The van der Waals surface area contributed by atoms with Crippen molar-refractivity contribution in [3.63, 3.8) is 0 Å². The van der Waals surface area contributed by atoms with Crippen LogP contribution >= 0.6 is 0 Å². The summed E-state index contributed by atoms with van der Waals surface area (Å²) in [4.78, 5) is 28.0. The third kappa shape index (κ3) is 5.06. The van der Waals surface area contributed by atoms with Crippen molar-refractivity contribution in [3.05, 3.63) is 48.2 Å². The molecule has 166 valence electrons. The van der Waals surface area contributed by atoms with Crippen LogP contribution in [0.25, 0.3) is 11.8 Å². The fourth-order valence-corrected chi connectivity index (χ4v) is 4.10. The fourth-order valence-electron chi connectivity index (χ4n) is 4.10. The molecule has 6 nitrogen and oxygen atoms in total. The van der Waals surface area contributed by atoms with Gasteiger partial charge in [0.25, 0.3) is 0 Å². The zero-order valence-corrected chi connectivity index (χ0v) is 19.0. The predicted molar refractivity (Wildman–Crippen MR) is 123 cm³/mol. The Morgan fingerprint density at radius 2 is 1.87 bits per heavy atom. The first-order chi connectivity index (χ1) is 14.8. The predicted octanol–water partition coefficient (Wildman–Crippen LogP) is 5.26. The first-order valence-electron chi connectivity index (χ1n) is 11.2. The van der Waals surface area contributed by atoms with E-state index in [0.29, 0.717) is 17.3 Å². The number of hydrogen-bond donors (Lipinski definition) is 0. The molecule has 0 N–H and O–H groups in total. The van der Waals surface area contributed by atoms with Gasteiger partial charge in [-0.05, 0) is 70.1 Å². The van der Waals surface area contributed by atoms with Gasteiger partial charge >= 0.3 is 5.97 Å². The van der Waals surface area contributed by atoms with Crippen LogP contribution < -0.4 is 4.90 Å². The molecule has 1 aliphatic carbocycles. The van der Waals surface area contributed by atoms with Crippen LogP contribution in [0.4, 0.5) is 5.82 Å². The molecule has 31 heavy (non-hydrogen) atoms. The normalized spacial score (nSPS) is 18.6. The third-order valence-electron chi connectivity index (χ3n) is 5.93. The lowest BCUT2D eigenvalue weighted by Crippen LogP contribution is -2.43. The van der Waals surface area contributed by atoms with E-state index in [0.717, 1.165) is 36.9 Å². The lowest BCUT2D eigenvalue weighted by molar-refractivity contribution is -0.123. The van der Waals surface area contributed by atoms with Gasteiger partial charge in [0.15, 0.2) is 5.82 Å². The molecule has 3 rings (SSSR count). The third-order valence-corrected chi connectivity index (χ3v) is 5.93. The van der Waals surface area contributed by atoms with Gasteiger partial charge in [-0.2, -0.15) is 0 Å². The molecule has 2 aromatic rings. The highest BCUT2D eigenvalue weighted by Gasteiger charge is 2.34. The monoisotopic (exact) mass is 423 g/mol. The molecule has 1 aromatic carbocycles. The molecule has 1 aliphatic rings. The summed E-state index contributed by atoms with van der Waals surface area (Å²) in [6.07, 6.45) is 7.28. The number of carbonyl (C=O) groups excluding carboxylic acids is 2. The Morgan fingerprint density at radius 1 is 1.23 bits per heavy atom. The van der Waals surface area contributed by atoms with Gasteiger partial charge in [-0.15, -0.1) is 5.10 Å². The number of benzene rings is 1. The van der Waals surface area contributed by atoms with Crippen molar-refractivity contribution < 1.29 is 14.3 Å². The van der Waals surface area contributed by atoms with Crippen LogP contribution in [0.1, 0.15) is 69.3 Å². The molecule has 0 spiro atoms. The Kier molecular flexibility index (Phi) is 7.31. The minimum atomic E-state index is -0.470. The maximum atomic E-state index is 13.5. The van der Waals surface area contributed by atoms with E-state index < -0.39 is 5.97 Å². The molecule has 0 saturated heterocycles. The second kappa shape index (κ2) is 9.94. The Hall–Kier alpha value is -2.89. The minimum Gasteiger partial charge on any atom is -0.462 e. The van der Waals surface area contributed by atoms with Gasteiger partial charge in [0.05, 0.1) is 12.3 Å². The van der Waals surface area contributed by atoms with Crippen molar-refractivity contribution in [1.82, 2.24) is 9.78 Å². The summed E-state index contributed by atoms with van der Waals surface area (Å²) in [6.45, 7) is 11.9. The van der Waals surface area contributed by atoms with Gasteiger partial charge in [-0.1, -0.05) is 31.7 Å². The zero-order chi connectivity index (χ0) is 22.5. The van der Waals surface area contributed by atoms with Crippen LogP contribution in [0.5, 0.6) is 0 Å². The van der Waals surface area contributed by atoms with E-state index in [2.05, 4.69) is 18.6 Å². The second-order valence-electron chi connectivity index (χ2n) is 8.59. The van der Waals surface area contributed by atoms with Crippen LogP contribution in [-0.2, 0) is 9.53 Å². The van der Waals surface area contributed by atoms with E-state index >= 15 is 0 Å². The molecule has 1 aromatic heterocycles. The Balaban J connectivity index is 2.02. The van der Waals surface area contributed by atoms with E-state index in [4.69, 9.17) is 4.74 Å². The standard InChI is InChI=1S/C25H33N3O3/c1-6-19-10-14-21(15-11-19)27-16-22(25(30)31-7-2)23(26-27)28(17(3)4)24(29)20-12-8-18(5)9-13-20/h6,10-11,14-18,20H,1,7-9,12-13H2,2-5H3/t18-,20-. The van der Waals surface area contributed by atoms with Crippen LogP contribution in [0.3, 0.4) is 0 Å². The van der Waals surface area contributed by atoms with Crippen LogP contribution in [0.2, 0.25) is 0 Å². The van der Waals surface area contributed by atoms with Crippen molar-refractivity contribution in [1.29, 1.82) is 0 Å². The molecule has 0 bridgehead atoms. The van der Waals surface area contributed by atoms with Crippen molar-refractivity contribution in [2.45, 2.75) is 59.4 Å². The number of rotatable bonds is 7. The largest absolute Gasteiger partial charge is 0.462 e. The van der Waals surface area contributed by atoms with Crippen molar-refractivity contribution in [2.24, 2.45) is 11.8 Å². The molecular formula is C25H33N3O3. The van der Waals surface area contributed by atoms with E-state index in [1.165, 1.54) is 0 Å². The Labute approximate surface area is 184 Å². The van der Waals surface area contributed by atoms with Gasteiger partial charge in [-0.3, -0.25) is 9.69 Å². The lowest BCUT2D eigenvalue weighted by atomic mass is 9.82. The number of anilines is 1. The Bertz CT molecular complexity index is 922. The van der Waals surface area contributed by atoms with Crippen LogP contribution in [0, 0.1) is 11.8 Å². The van der Waals surface area contributed by atoms with Crippen LogP contribution in [0.15, 0.2) is 37.0 Å². The summed E-state index contributed by atoms with van der Waals surface area (Å²) < 4.78 is 6.92. The number of amides is 1. The van der Waals surface area contributed by atoms with Crippen molar-refractivity contribution in [2.75, 3.05) is 11.5 Å². The first kappa shape index (κ1) is 22.8. The average Bonchev–Trinajstić information content (AvgIpc) is 3.19. The van der Waals surface area contributed by atoms with E-state index in [1.54, 1.807) is 28.8 Å².